The Bertz CT molecular complexity index is 1030. The van der Waals surface area contributed by atoms with Gasteiger partial charge in [-0.2, -0.15) is 0 Å². The molecule has 2 aromatic heterocycles. The van der Waals surface area contributed by atoms with E-state index in [0.29, 0.717) is 66.8 Å². The number of thiophene rings is 1. The second-order valence-corrected chi connectivity index (χ2v) is 8.48. The molecule has 2 fully saturated rings. The fourth-order valence-electron chi connectivity index (χ4n) is 3.42. The van der Waals surface area contributed by atoms with Crippen molar-refractivity contribution in [3.8, 4) is 0 Å². The van der Waals surface area contributed by atoms with Gasteiger partial charge in [0.1, 0.15) is 9.71 Å². The number of hydrogen-bond donors (Lipinski definition) is 0. The van der Waals surface area contributed by atoms with E-state index in [1.54, 1.807) is 14.0 Å². The first-order valence-corrected chi connectivity index (χ1v) is 10.4. The minimum absolute atomic E-state index is 0.141. The summed E-state index contributed by atoms with van der Waals surface area (Å²) < 4.78 is 23.6. The summed E-state index contributed by atoms with van der Waals surface area (Å²) in [6.45, 7) is 5.17. The molecule has 4 heterocycles. The van der Waals surface area contributed by atoms with Crippen molar-refractivity contribution in [2.24, 2.45) is 11.8 Å². The average Bonchev–Trinajstić information content (AvgIpc) is 2.96. The molecule has 0 bridgehead atoms. The lowest BCUT2D eigenvalue weighted by Crippen LogP contribution is -2.44. The second-order valence-electron chi connectivity index (χ2n) is 7.48. The van der Waals surface area contributed by atoms with Crippen molar-refractivity contribution in [1.82, 2.24) is 9.13 Å². The van der Waals surface area contributed by atoms with Gasteiger partial charge in [-0.3, -0.25) is 13.9 Å². The predicted octanol–water partition coefficient (Wildman–Crippen LogP) is 0.629. The maximum atomic E-state index is 13.1. The van der Waals surface area contributed by atoms with Crippen LogP contribution in [0.2, 0.25) is 0 Å². The second kappa shape index (κ2) is 8.39. The minimum Gasteiger partial charge on any atom is -0.461 e. The van der Waals surface area contributed by atoms with E-state index in [0.717, 1.165) is 11.3 Å². The smallest absolute Gasteiger partial charge is 0.348 e. The first-order valence-electron chi connectivity index (χ1n) is 9.59. The highest BCUT2D eigenvalue weighted by molar-refractivity contribution is 7.20. The van der Waals surface area contributed by atoms with E-state index in [-0.39, 0.29) is 29.7 Å². The number of fused-ring (bicyclic) bond motifs is 1. The molecule has 0 spiro atoms. The van der Waals surface area contributed by atoms with Crippen molar-refractivity contribution in [3.63, 3.8) is 0 Å². The molecule has 0 aromatic carbocycles. The van der Waals surface area contributed by atoms with Crippen molar-refractivity contribution in [2.75, 3.05) is 46.8 Å². The molecule has 2 saturated heterocycles. The van der Waals surface area contributed by atoms with E-state index in [2.05, 4.69) is 0 Å². The SMILES string of the molecule is COCCn1c(=O)n(CC2COC2)c(=O)c2c(C)c(C(=O)OCC3COC3)sc21. The van der Waals surface area contributed by atoms with Crippen molar-refractivity contribution in [3.05, 3.63) is 31.3 Å². The van der Waals surface area contributed by atoms with E-state index in [1.165, 1.54) is 9.13 Å². The van der Waals surface area contributed by atoms with Crippen LogP contribution in [0.1, 0.15) is 15.2 Å². The van der Waals surface area contributed by atoms with E-state index in [1.807, 2.05) is 0 Å². The third-order valence-corrected chi connectivity index (χ3v) is 6.60. The van der Waals surface area contributed by atoms with E-state index >= 15 is 0 Å². The summed E-state index contributed by atoms with van der Waals surface area (Å²) in [6, 6.07) is 0. The maximum absolute atomic E-state index is 13.1. The van der Waals surface area contributed by atoms with Crippen LogP contribution in [0.15, 0.2) is 9.59 Å². The van der Waals surface area contributed by atoms with Gasteiger partial charge in [-0.25, -0.2) is 9.59 Å². The lowest BCUT2D eigenvalue weighted by Gasteiger charge is -2.26. The fourth-order valence-corrected chi connectivity index (χ4v) is 4.63. The molecular formula is C19H24N2O7S. The Kier molecular flexibility index (Phi) is 5.86. The molecule has 4 rings (SSSR count). The van der Waals surface area contributed by atoms with Crippen LogP contribution in [0.25, 0.3) is 10.2 Å². The van der Waals surface area contributed by atoms with E-state index in [4.69, 9.17) is 18.9 Å². The zero-order valence-electron chi connectivity index (χ0n) is 16.5. The third-order valence-electron chi connectivity index (χ3n) is 5.30. The van der Waals surface area contributed by atoms with Crippen LogP contribution in [0.5, 0.6) is 0 Å². The van der Waals surface area contributed by atoms with Gasteiger partial charge in [-0.15, -0.1) is 11.3 Å². The summed E-state index contributed by atoms with van der Waals surface area (Å²) >= 11 is 1.13. The number of hydrogen-bond acceptors (Lipinski definition) is 8. The highest BCUT2D eigenvalue weighted by Crippen LogP contribution is 2.29. The molecule has 0 saturated carbocycles. The van der Waals surface area contributed by atoms with Gasteiger partial charge in [0, 0.05) is 25.5 Å². The van der Waals surface area contributed by atoms with Crippen molar-refractivity contribution >= 4 is 27.5 Å². The molecular weight excluding hydrogens is 400 g/mol. The number of ether oxygens (including phenoxy) is 4. The van der Waals surface area contributed by atoms with Crippen molar-refractivity contribution in [1.29, 1.82) is 0 Å². The van der Waals surface area contributed by atoms with Crippen LogP contribution in [0, 0.1) is 18.8 Å². The predicted molar refractivity (Wildman–Crippen MR) is 106 cm³/mol. The number of aromatic nitrogens is 2. The normalized spacial score (nSPS) is 17.3. The summed E-state index contributed by atoms with van der Waals surface area (Å²) in [5, 5.41) is 0.393. The topological polar surface area (TPSA) is 98.0 Å². The molecule has 10 heteroatoms. The quantitative estimate of drug-likeness (QED) is 0.573. The summed E-state index contributed by atoms with van der Waals surface area (Å²) in [7, 11) is 1.55. The lowest BCUT2D eigenvalue weighted by atomic mass is 10.1. The number of methoxy groups -OCH3 is 1. The Morgan fingerprint density at radius 2 is 1.83 bits per heavy atom. The molecule has 0 unspecified atom stereocenters. The number of nitrogens with zero attached hydrogens (tertiary/aromatic N) is 2. The van der Waals surface area contributed by atoms with Gasteiger partial charge in [0.25, 0.3) is 5.56 Å². The molecule has 0 N–H and O–H groups in total. The number of aryl methyl sites for hydroxylation is 1. The molecule has 29 heavy (non-hydrogen) atoms. The van der Waals surface area contributed by atoms with Crippen LogP contribution in [0.3, 0.4) is 0 Å². The van der Waals surface area contributed by atoms with Gasteiger partial charge < -0.3 is 18.9 Å². The Balaban J connectivity index is 1.76. The molecule has 0 amide bonds. The van der Waals surface area contributed by atoms with Crippen LogP contribution < -0.4 is 11.2 Å². The molecule has 0 aliphatic carbocycles. The summed E-state index contributed by atoms with van der Waals surface area (Å²) in [5.74, 6) is -0.114. The number of carbonyl (C=O) groups is 1. The summed E-state index contributed by atoms with van der Waals surface area (Å²) in [4.78, 5) is 39.7. The van der Waals surface area contributed by atoms with Crippen LogP contribution in [-0.2, 0) is 32.0 Å². The van der Waals surface area contributed by atoms with Gasteiger partial charge in [0.15, 0.2) is 0 Å². The number of carbonyl (C=O) groups excluding carboxylic acids is 1. The number of rotatable bonds is 8. The molecule has 2 aromatic rings. The highest BCUT2D eigenvalue weighted by Gasteiger charge is 2.27. The Hall–Kier alpha value is -2.01. The zero-order valence-corrected chi connectivity index (χ0v) is 17.3. The lowest BCUT2D eigenvalue weighted by molar-refractivity contribution is -0.0612. The van der Waals surface area contributed by atoms with Crippen LogP contribution in [-0.4, -0.2) is 61.9 Å². The maximum Gasteiger partial charge on any atom is 0.348 e. The number of esters is 1. The van der Waals surface area contributed by atoms with Crippen molar-refractivity contribution < 1.29 is 23.7 Å². The molecule has 0 radical (unpaired) electrons. The van der Waals surface area contributed by atoms with Crippen LogP contribution in [0.4, 0.5) is 0 Å². The van der Waals surface area contributed by atoms with Gasteiger partial charge in [-0.1, -0.05) is 0 Å². The molecule has 2 aliphatic heterocycles. The standard InChI is InChI=1S/C19H24N2O7S/c1-11-14-16(22)21(5-12-6-26-7-12)19(24)20(3-4-25-2)17(14)29-15(11)18(23)28-10-13-8-27-9-13/h12-13H,3-10H2,1-2H3. The monoisotopic (exact) mass is 424 g/mol. The van der Waals surface area contributed by atoms with Crippen LogP contribution >= 0.6 is 11.3 Å². The van der Waals surface area contributed by atoms with Gasteiger partial charge in [0.05, 0.1) is 51.6 Å². The first kappa shape index (κ1) is 20.3. The van der Waals surface area contributed by atoms with Gasteiger partial charge >= 0.3 is 11.7 Å². The van der Waals surface area contributed by atoms with E-state index < -0.39 is 5.97 Å². The fraction of sp³-hybridized carbons (Fsp3) is 0.632. The van der Waals surface area contributed by atoms with Gasteiger partial charge in [0.2, 0.25) is 0 Å². The Labute approximate surface area is 170 Å². The average molecular weight is 424 g/mol. The molecule has 158 valence electrons. The molecule has 2 aliphatic rings. The largest absolute Gasteiger partial charge is 0.461 e. The third kappa shape index (κ3) is 3.77. The molecule has 0 atom stereocenters. The zero-order chi connectivity index (χ0) is 20.5. The Morgan fingerprint density at radius 1 is 1.14 bits per heavy atom. The molecule has 9 nitrogen and oxygen atoms in total. The summed E-state index contributed by atoms with van der Waals surface area (Å²) in [5.41, 5.74) is -0.209. The summed E-state index contributed by atoms with van der Waals surface area (Å²) in [6.07, 6.45) is 0. The van der Waals surface area contributed by atoms with Gasteiger partial charge in [-0.05, 0) is 12.5 Å². The minimum atomic E-state index is -0.473. The first-order chi connectivity index (χ1) is 14.0. The van der Waals surface area contributed by atoms with E-state index in [9.17, 15) is 14.4 Å². The highest BCUT2D eigenvalue weighted by atomic mass is 32.1. The van der Waals surface area contributed by atoms with Crippen molar-refractivity contribution in [2.45, 2.75) is 20.0 Å². The Morgan fingerprint density at radius 3 is 2.41 bits per heavy atom.